The lowest BCUT2D eigenvalue weighted by atomic mass is 9.97. The summed E-state index contributed by atoms with van der Waals surface area (Å²) in [7, 11) is 0. The summed E-state index contributed by atoms with van der Waals surface area (Å²) >= 11 is 0. The van der Waals surface area contributed by atoms with Crippen molar-refractivity contribution in [2.75, 3.05) is 13.2 Å². The van der Waals surface area contributed by atoms with Gasteiger partial charge in [0.25, 0.3) is 5.91 Å². The topological polar surface area (TPSA) is 116 Å². The fourth-order valence-corrected chi connectivity index (χ4v) is 4.50. The van der Waals surface area contributed by atoms with Crippen LogP contribution in [0.2, 0.25) is 0 Å². The predicted molar refractivity (Wildman–Crippen MR) is 159 cm³/mol. The molecule has 4 aromatic carbocycles. The van der Waals surface area contributed by atoms with E-state index in [0.29, 0.717) is 43.2 Å². The molecule has 0 aliphatic rings. The Kier molecular flexibility index (Phi) is 9.16. The van der Waals surface area contributed by atoms with Crippen molar-refractivity contribution < 1.29 is 23.2 Å². The molecule has 43 heavy (non-hydrogen) atoms. The van der Waals surface area contributed by atoms with Crippen LogP contribution in [0.25, 0.3) is 11.1 Å². The molecule has 1 heterocycles. The van der Waals surface area contributed by atoms with Crippen LogP contribution in [-0.2, 0) is 13.2 Å². The fraction of sp³-hybridized carbons (Fsp3) is 0.182. The van der Waals surface area contributed by atoms with Crippen molar-refractivity contribution in [1.29, 1.82) is 0 Å². The molecule has 10 heteroatoms. The number of amides is 1. The van der Waals surface area contributed by atoms with E-state index in [2.05, 4.69) is 16.4 Å². The number of benzene rings is 4. The quantitative estimate of drug-likeness (QED) is 0.198. The number of carbonyl (C=O) groups excluding carboxylic acids is 1. The molecule has 0 saturated carbocycles. The van der Waals surface area contributed by atoms with Crippen LogP contribution in [0.15, 0.2) is 105 Å². The first-order valence-corrected chi connectivity index (χ1v) is 13.7. The summed E-state index contributed by atoms with van der Waals surface area (Å²) in [6.45, 7) is 3.32. The van der Waals surface area contributed by atoms with Crippen LogP contribution in [0.5, 0.6) is 11.5 Å². The molecular formula is C33H30FN3O6. The highest BCUT2D eigenvalue weighted by Crippen LogP contribution is 2.26. The summed E-state index contributed by atoms with van der Waals surface area (Å²) in [6, 6.07) is 26.7. The molecule has 0 bridgehead atoms. The van der Waals surface area contributed by atoms with Gasteiger partial charge in [0.2, 0.25) is 0 Å². The normalized spacial score (nSPS) is 10.8. The van der Waals surface area contributed by atoms with Gasteiger partial charge in [-0.15, -0.1) is 4.74 Å². The molecule has 5 rings (SSSR count). The highest BCUT2D eigenvalue weighted by Gasteiger charge is 2.10. The number of aromatic amines is 1. The van der Waals surface area contributed by atoms with E-state index in [0.717, 1.165) is 32.6 Å². The van der Waals surface area contributed by atoms with Gasteiger partial charge in [0.15, 0.2) is 0 Å². The molecule has 0 atom stereocenters. The summed E-state index contributed by atoms with van der Waals surface area (Å²) in [6.07, 6.45) is 0.619. The van der Waals surface area contributed by atoms with E-state index < -0.39 is 11.4 Å². The third-order valence-electron chi connectivity index (χ3n) is 6.70. The first-order chi connectivity index (χ1) is 20.8. The molecular weight excluding hydrogens is 553 g/mol. The van der Waals surface area contributed by atoms with E-state index in [1.165, 1.54) is 12.1 Å². The molecule has 5 aromatic rings. The number of hydrogen-bond donors (Lipinski definition) is 2. The van der Waals surface area contributed by atoms with Crippen molar-refractivity contribution in [2.24, 2.45) is 0 Å². The average molecular weight is 584 g/mol. The van der Waals surface area contributed by atoms with Gasteiger partial charge in [-0.2, -0.15) is 0 Å². The zero-order chi connectivity index (χ0) is 30.2. The third-order valence-corrected chi connectivity index (χ3v) is 6.70. The Morgan fingerprint density at radius 1 is 0.907 bits per heavy atom. The average Bonchev–Trinajstić information content (AvgIpc) is 3.33. The van der Waals surface area contributed by atoms with E-state index in [9.17, 15) is 18.8 Å². The Bertz CT molecular complexity index is 1810. The molecule has 2 N–H and O–H groups in total. The minimum absolute atomic E-state index is 0.132. The van der Waals surface area contributed by atoms with Crippen molar-refractivity contribution in [2.45, 2.75) is 26.5 Å². The second kappa shape index (κ2) is 13.5. The zero-order valence-electron chi connectivity index (χ0n) is 23.5. The number of ether oxygens (including phenoxy) is 2. The number of carbonyl (C=O) groups is 1. The van der Waals surface area contributed by atoms with Crippen molar-refractivity contribution >= 4 is 5.91 Å². The molecule has 0 fully saturated rings. The molecule has 220 valence electrons. The Labute approximate surface area is 246 Å². The minimum Gasteiger partial charge on any atom is -0.494 e. The number of rotatable bonds is 12. The van der Waals surface area contributed by atoms with Gasteiger partial charge in [0, 0.05) is 12.1 Å². The second-order valence-corrected chi connectivity index (χ2v) is 9.92. The van der Waals surface area contributed by atoms with E-state index in [1.54, 1.807) is 36.4 Å². The highest BCUT2D eigenvalue weighted by atomic mass is 19.1. The maximum absolute atomic E-state index is 13.0. The lowest BCUT2D eigenvalue weighted by molar-refractivity contribution is 0.0951. The number of nitrogens with one attached hydrogen (secondary N) is 2. The lowest BCUT2D eigenvalue weighted by Gasteiger charge is -2.12. The summed E-state index contributed by atoms with van der Waals surface area (Å²) in [5.74, 6) is -0.0143. The SMILES string of the molecule is Cc1cc(C(=O)NCCCOc2ccc(F)cc2)ccc1-c1cccc(COc2ccc(Cn3oc(=O)[nH]c3=O)cc2)c1. The van der Waals surface area contributed by atoms with E-state index >= 15 is 0 Å². The van der Waals surface area contributed by atoms with Gasteiger partial charge in [-0.25, -0.2) is 19.0 Å². The minimum atomic E-state index is -0.790. The summed E-state index contributed by atoms with van der Waals surface area (Å²) in [5.41, 5.74) is 4.74. The summed E-state index contributed by atoms with van der Waals surface area (Å²) in [5, 5.41) is 2.91. The van der Waals surface area contributed by atoms with Gasteiger partial charge in [-0.3, -0.25) is 4.79 Å². The zero-order valence-corrected chi connectivity index (χ0v) is 23.5. The van der Waals surface area contributed by atoms with Crippen LogP contribution in [0, 0.1) is 12.7 Å². The van der Waals surface area contributed by atoms with Crippen LogP contribution in [0.3, 0.4) is 0 Å². The van der Waals surface area contributed by atoms with Gasteiger partial charge < -0.3 is 19.3 Å². The number of hydrogen-bond acceptors (Lipinski definition) is 6. The molecule has 0 aliphatic heterocycles. The van der Waals surface area contributed by atoms with Crippen LogP contribution in [-0.4, -0.2) is 28.8 Å². The van der Waals surface area contributed by atoms with Crippen LogP contribution >= 0.6 is 0 Å². The maximum atomic E-state index is 13.0. The van der Waals surface area contributed by atoms with Crippen molar-refractivity contribution in [3.63, 3.8) is 0 Å². The lowest BCUT2D eigenvalue weighted by Crippen LogP contribution is -2.25. The molecule has 0 spiro atoms. The predicted octanol–water partition coefficient (Wildman–Crippen LogP) is 5.07. The van der Waals surface area contributed by atoms with Gasteiger partial charge in [-0.1, -0.05) is 36.4 Å². The standard InChI is InChI=1S/C33H30FN3O6/c1-22-18-26(31(38)35-16-3-17-41-28-13-9-27(34)10-14-28)8-15-30(22)25-5-2-4-24(19-25)21-42-29-11-6-23(7-12-29)20-37-32(39)36-33(40)43-37/h2,4-15,18-19H,3,16-17,20-21H2,1H3,(H,35,38)(H,36,39,40). The molecule has 0 aliphatic carbocycles. The van der Waals surface area contributed by atoms with Crippen molar-refractivity contribution in [3.8, 4) is 22.6 Å². The van der Waals surface area contributed by atoms with Gasteiger partial charge in [0.05, 0.1) is 13.2 Å². The molecule has 1 aromatic heterocycles. The molecule has 0 radical (unpaired) electrons. The number of H-pyrrole nitrogens is 1. The van der Waals surface area contributed by atoms with E-state index in [-0.39, 0.29) is 18.3 Å². The van der Waals surface area contributed by atoms with Crippen LogP contribution < -0.4 is 26.2 Å². The van der Waals surface area contributed by atoms with E-state index in [4.69, 9.17) is 14.0 Å². The van der Waals surface area contributed by atoms with Crippen LogP contribution in [0.4, 0.5) is 4.39 Å². The second-order valence-electron chi connectivity index (χ2n) is 9.92. The molecule has 0 saturated heterocycles. The number of aryl methyl sites for hydroxylation is 1. The van der Waals surface area contributed by atoms with Crippen LogP contribution in [0.1, 0.15) is 33.5 Å². The fourth-order valence-electron chi connectivity index (χ4n) is 4.50. The number of halogens is 1. The summed E-state index contributed by atoms with van der Waals surface area (Å²) in [4.78, 5) is 37.5. The van der Waals surface area contributed by atoms with Crippen molar-refractivity contribution in [1.82, 2.24) is 15.0 Å². The number of nitrogens with zero attached hydrogens (tertiary/aromatic N) is 1. The molecule has 9 nitrogen and oxygen atoms in total. The first kappa shape index (κ1) is 29.1. The van der Waals surface area contributed by atoms with Crippen molar-refractivity contribution in [3.05, 3.63) is 140 Å². The largest absolute Gasteiger partial charge is 0.494 e. The maximum Gasteiger partial charge on any atom is 0.440 e. The Morgan fingerprint density at radius 3 is 2.37 bits per heavy atom. The molecule has 1 amide bonds. The monoisotopic (exact) mass is 583 g/mol. The third kappa shape index (κ3) is 7.88. The van der Waals surface area contributed by atoms with Gasteiger partial charge in [0.1, 0.15) is 23.9 Å². The number of aromatic nitrogens is 2. The smallest absolute Gasteiger partial charge is 0.440 e. The summed E-state index contributed by atoms with van der Waals surface area (Å²) < 4.78 is 30.3. The van der Waals surface area contributed by atoms with Gasteiger partial charge >= 0.3 is 11.4 Å². The Balaban J connectivity index is 1.12. The van der Waals surface area contributed by atoms with Gasteiger partial charge in [-0.05, 0) is 95.8 Å². The molecule has 0 unspecified atom stereocenters. The Hall–Kier alpha value is -5.38. The van der Waals surface area contributed by atoms with E-state index in [1.807, 2.05) is 43.3 Å². The highest BCUT2D eigenvalue weighted by molar-refractivity contribution is 5.95. The Morgan fingerprint density at radius 2 is 1.65 bits per heavy atom. The first-order valence-electron chi connectivity index (χ1n) is 13.7.